The van der Waals surface area contributed by atoms with Gasteiger partial charge in [0.2, 0.25) is 5.91 Å². The van der Waals surface area contributed by atoms with Crippen LogP contribution in [0.1, 0.15) is 24.1 Å². The summed E-state index contributed by atoms with van der Waals surface area (Å²) in [6.07, 6.45) is 0.853. The van der Waals surface area contributed by atoms with Gasteiger partial charge in [0.15, 0.2) is 0 Å². The van der Waals surface area contributed by atoms with Crippen LogP contribution in [-0.2, 0) is 11.2 Å². The average molecular weight is 282 g/mol. The van der Waals surface area contributed by atoms with E-state index in [4.69, 9.17) is 0 Å². The zero-order valence-corrected chi connectivity index (χ0v) is 12.5. The minimum absolute atomic E-state index is 0.00370. The summed E-state index contributed by atoms with van der Waals surface area (Å²) in [7, 11) is 1.66. The third-order valence-electron chi connectivity index (χ3n) is 3.58. The highest BCUT2D eigenvalue weighted by Crippen LogP contribution is 2.19. The third kappa shape index (κ3) is 4.43. The Hall–Kier alpha value is -2.13. The number of amides is 1. The number of carbonyl (C=O) groups is 1. The number of rotatable bonds is 6. The van der Waals surface area contributed by atoms with E-state index in [9.17, 15) is 4.79 Å². The van der Waals surface area contributed by atoms with Crippen LogP contribution in [0.5, 0.6) is 0 Å². The lowest BCUT2D eigenvalue weighted by Gasteiger charge is -2.23. The molecule has 0 heterocycles. The zero-order chi connectivity index (χ0) is 15.1. The Morgan fingerprint density at radius 1 is 1.00 bits per heavy atom. The van der Waals surface area contributed by atoms with Crippen molar-refractivity contribution in [3.05, 3.63) is 71.8 Å². The van der Waals surface area contributed by atoms with Crippen LogP contribution in [0.25, 0.3) is 0 Å². The Bertz CT molecular complexity index is 554. The highest BCUT2D eigenvalue weighted by Gasteiger charge is 2.18. The quantitative estimate of drug-likeness (QED) is 0.855. The maximum Gasteiger partial charge on any atom is 0.236 e. The summed E-state index contributed by atoms with van der Waals surface area (Å²) < 4.78 is 0. The largest absolute Gasteiger partial charge is 0.358 e. The molecule has 110 valence electrons. The molecule has 0 fully saturated rings. The predicted molar refractivity (Wildman–Crippen MR) is 86.0 cm³/mol. The molecule has 2 N–H and O–H groups in total. The van der Waals surface area contributed by atoms with E-state index in [0.29, 0.717) is 0 Å². The SMILES string of the molecule is CNC(=O)C(C)NC(Cc1ccccc1)c1ccccc1. The van der Waals surface area contributed by atoms with Crippen LogP contribution in [0.15, 0.2) is 60.7 Å². The van der Waals surface area contributed by atoms with Crippen LogP contribution < -0.4 is 10.6 Å². The van der Waals surface area contributed by atoms with Gasteiger partial charge in [0.1, 0.15) is 0 Å². The van der Waals surface area contributed by atoms with E-state index in [-0.39, 0.29) is 18.0 Å². The topological polar surface area (TPSA) is 41.1 Å². The van der Waals surface area contributed by atoms with Crippen molar-refractivity contribution < 1.29 is 4.79 Å². The summed E-state index contributed by atoms with van der Waals surface area (Å²) in [6.45, 7) is 1.89. The molecular weight excluding hydrogens is 260 g/mol. The number of hydrogen-bond donors (Lipinski definition) is 2. The lowest BCUT2D eigenvalue weighted by molar-refractivity contribution is -0.122. The number of nitrogens with one attached hydrogen (secondary N) is 2. The molecule has 0 aliphatic rings. The summed E-state index contributed by atoms with van der Waals surface area (Å²) >= 11 is 0. The fraction of sp³-hybridized carbons (Fsp3) is 0.278. The molecule has 0 saturated carbocycles. The molecule has 21 heavy (non-hydrogen) atoms. The van der Waals surface area contributed by atoms with Crippen molar-refractivity contribution in [2.75, 3.05) is 7.05 Å². The maximum absolute atomic E-state index is 11.8. The van der Waals surface area contributed by atoms with E-state index in [2.05, 4.69) is 34.9 Å². The van der Waals surface area contributed by atoms with Crippen LogP contribution in [0.3, 0.4) is 0 Å². The van der Waals surface area contributed by atoms with Crippen molar-refractivity contribution in [3.8, 4) is 0 Å². The van der Waals surface area contributed by atoms with Crippen molar-refractivity contribution in [1.29, 1.82) is 0 Å². The van der Waals surface area contributed by atoms with Gasteiger partial charge in [-0.1, -0.05) is 60.7 Å². The van der Waals surface area contributed by atoms with Gasteiger partial charge in [0.25, 0.3) is 0 Å². The summed E-state index contributed by atoms with van der Waals surface area (Å²) in [5, 5.41) is 6.10. The molecule has 2 unspecified atom stereocenters. The molecule has 1 amide bonds. The summed E-state index contributed by atoms with van der Waals surface area (Å²) in [4.78, 5) is 11.8. The normalized spacial score (nSPS) is 13.4. The van der Waals surface area contributed by atoms with Crippen LogP contribution >= 0.6 is 0 Å². The van der Waals surface area contributed by atoms with Crippen LogP contribution in [-0.4, -0.2) is 19.0 Å². The van der Waals surface area contributed by atoms with Crippen molar-refractivity contribution in [1.82, 2.24) is 10.6 Å². The van der Waals surface area contributed by atoms with E-state index >= 15 is 0 Å². The Kier molecular flexibility index (Phi) is 5.52. The maximum atomic E-state index is 11.8. The Balaban J connectivity index is 2.17. The minimum atomic E-state index is -0.232. The summed E-state index contributed by atoms with van der Waals surface area (Å²) in [5.41, 5.74) is 2.44. The van der Waals surface area contributed by atoms with Crippen molar-refractivity contribution in [2.45, 2.75) is 25.4 Å². The van der Waals surface area contributed by atoms with Crippen molar-refractivity contribution in [2.24, 2.45) is 0 Å². The molecule has 2 aromatic carbocycles. The first-order chi connectivity index (χ1) is 10.2. The number of hydrogen-bond acceptors (Lipinski definition) is 2. The molecule has 0 aliphatic heterocycles. The molecule has 0 saturated heterocycles. The number of benzene rings is 2. The standard InChI is InChI=1S/C18H22N2O/c1-14(18(21)19-2)20-17(16-11-7-4-8-12-16)13-15-9-5-3-6-10-15/h3-12,14,17,20H,13H2,1-2H3,(H,19,21). The monoisotopic (exact) mass is 282 g/mol. The Morgan fingerprint density at radius 3 is 2.14 bits per heavy atom. The van der Waals surface area contributed by atoms with Gasteiger partial charge in [-0.2, -0.15) is 0 Å². The Labute approximate surface area is 126 Å². The first-order valence-corrected chi connectivity index (χ1v) is 7.27. The fourth-order valence-corrected chi connectivity index (χ4v) is 2.40. The minimum Gasteiger partial charge on any atom is -0.358 e. The van der Waals surface area contributed by atoms with E-state index in [1.807, 2.05) is 43.3 Å². The second kappa shape index (κ2) is 7.60. The molecule has 0 radical (unpaired) electrons. The zero-order valence-electron chi connectivity index (χ0n) is 12.5. The van der Waals surface area contributed by atoms with Crippen molar-refractivity contribution in [3.63, 3.8) is 0 Å². The van der Waals surface area contributed by atoms with Gasteiger partial charge >= 0.3 is 0 Å². The summed E-state index contributed by atoms with van der Waals surface area (Å²) in [5.74, 6) is 0.00370. The summed E-state index contributed by atoms with van der Waals surface area (Å²) in [6, 6.07) is 20.5. The van der Waals surface area contributed by atoms with E-state index in [1.165, 1.54) is 11.1 Å². The first kappa shape index (κ1) is 15.3. The molecule has 0 aromatic heterocycles. The highest BCUT2D eigenvalue weighted by atomic mass is 16.2. The van der Waals surface area contributed by atoms with Gasteiger partial charge < -0.3 is 5.32 Å². The Morgan fingerprint density at radius 2 is 1.57 bits per heavy atom. The van der Waals surface area contributed by atoms with Gasteiger partial charge in [-0.25, -0.2) is 0 Å². The fourth-order valence-electron chi connectivity index (χ4n) is 2.40. The van der Waals surface area contributed by atoms with Gasteiger partial charge in [-0.05, 0) is 24.5 Å². The first-order valence-electron chi connectivity index (χ1n) is 7.27. The molecule has 3 nitrogen and oxygen atoms in total. The predicted octanol–water partition coefficient (Wildman–Crippen LogP) is 2.69. The molecule has 2 atom stereocenters. The molecule has 2 aromatic rings. The second-order valence-corrected chi connectivity index (χ2v) is 5.16. The van der Waals surface area contributed by atoms with Crippen LogP contribution in [0, 0.1) is 0 Å². The highest BCUT2D eigenvalue weighted by molar-refractivity contribution is 5.81. The average Bonchev–Trinajstić information content (AvgIpc) is 2.55. The van der Waals surface area contributed by atoms with Gasteiger partial charge in [-0.3, -0.25) is 10.1 Å². The number of likely N-dealkylation sites (N-methyl/N-ethyl adjacent to an activating group) is 1. The molecule has 2 rings (SSSR count). The van der Waals surface area contributed by atoms with Gasteiger partial charge in [-0.15, -0.1) is 0 Å². The molecule has 0 spiro atoms. The lowest BCUT2D eigenvalue weighted by Crippen LogP contribution is -2.42. The van der Waals surface area contributed by atoms with E-state index in [0.717, 1.165) is 6.42 Å². The molecular formula is C18H22N2O. The van der Waals surface area contributed by atoms with Gasteiger partial charge in [0, 0.05) is 13.1 Å². The lowest BCUT2D eigenvalue weighted by atomic mass is 9.98. The van der Waals surface area contributed by atoms with Crippen LogP contribution in [0.4, 0.5) is 0 Å². The van der Waals surface area contributed by atoms with Crippen LogP contribution in [0.2, 0.25) is 0 Å². The molecule has 3 heteroatoms. The molecule has 0 aliphatic carbocycles. The van der Waals surface area contributed by atoms with E-state index < -0.39 is 0 Å². The second-order valence-electron chi connectivity index (χ2n) is 5.16. The van der Waals surface area contributed by atoms with Crippen molar-refractivity contribution >= 4 is 5.91 Å². The smallest absolute Gasteiger partial charge is 0.236 e. The third-order valence-corrected chi connectivity index (χ3v) is 3.58. The van der Waals surface area contributed by atoms with E-state index in [1.54, 1.807) is 7.05 Å². The molecule has 0 bridgehead atoms. The van der Waals surface area contributed by atoms with Gasteiger partial charge in [0.05, 0.1) is 6.04 Å². The number of carbonyl (C=O) groups excluding carboxylic acids is 1.